The Morgan fingerprint density at radius 3 is 2.06 bits per heavy atom. The lowest BCUT2D eigenvalue weighted by atomic mass is 10.0. The molecule has 0 fully saturated rings. The summed E-state index contributed by atoms with van der Waals surface area (Å²) in [6, 6.07) is 19.0. The topological polar surface area (TPSA) is 53.9 Å². The molecule has 0 spiro atoms. The molecule has 0 aliphatic rings. The molecule has 0 atom stereocenters. The van der Waals surface area contributed by atoms with Crippen molar-refractivity contribution >= 4 is 17.6 Å². The van der Waals surface area contributed by atoms with Gasteiger partial charge in [0.1, 0.15) is 0 Å². The standard InChI is InChI=1S/C15H14NO2/c16-18-15(17)14(13-9-5-2-6-10-13)11-12-7-3-1-4-8-12/h1-11H,16H3/q+1/b14-11+. The first-order chi connectivity index (χ1) is 8.81. The van der Waals surface area contributed by atoms with Gasteiger partial charge >= 0.3 is 5.97 Å². The highest BCUT2D eigenvalue weighted by atomic mass is 16.7. The first kappa shape index (κ1) is 12.1. The lowest BCUT2D eigenvalue weighted by molar-refractivity contribution is -0.655. The minimum absolute atomic E-state index is 0.440. The molecule has 0 unspecified atom stereocenters. The van der Waals surface area contributed by atoms with Crippen LogP contribution in [-0.4, -0.2) is 5.97 Å². The van der Waals surface area contributed by atoms with E-state index in [9.17, 15) is 4.79 Å². The Bertz CT molecular complexity index is 547. The molecule has 0 amide bonds. The van der Waals surface area contributed by atoms with E-state index in [0.29, 0.717) is 5.57 Å². The lowest BCUT2D eigenvalue weighted by Crippen LogP contribution is -2.51. The van der Waals surface area contributed by atoms with Crippen molar-refractivity contribution in [2.45, 2.75) is 0 Å². The first-order valence-electron chi connectivity index (χ1n) is 5.60. The van der Waals surface area contributed by atoms with Crippen molar-refractivity contribution in [3.63, 3.8) is 0 Å². The van der Waals surface area contributed by atoms with Crippen molar-refractivity contribution in [1.82, 2.24) is 0 Å². The van der Waals surface area contributed by atoms with Gasteiger partial charge in [-0.3, -0.25) is 4.84 Å². The zero-order valence-corrected chi connectivity index (χ0v) is 9.87. The molecule has 2 aromatic rings. The molecule has 0 aliphatic carbocycles. The summed E-state index contributed by atoms with van der Waals surface area (Å²) in [7, 11) is 0. The van der Waals surface area contributed by atoms with Crippen LogP contribution < -0.4 is 5.90 Å². The third-order valence-corrected chi connectivity index (χ3v) is 2.55. The average Bonchev–Trinajstić information content (AvgIpc) is 2.46. The Labute approximate surface area is 105 Å². The van der Waals surface area contributed by atoms with Gasteiger partial charge in [0.2, 0.25) is 0 Å². The minimum atomic E-state index is -0.440. The van der Waals surface area contributed by atoms with Crippen LogP contribution in [0.5, 0.6) is 0 Å². The summed E-state index contributed by atoms with van der Waals surface area (Å²) < 4.78 is 0. The highest BCUT2D eigenvalue weighted by Crippen LogP contribution is 2.18. The molecule has 3 N–H and O–H groups in total. The zero-order valence-electron chi connectivity index (χ0n) is 9.87. The van der Waals surface area contributed by atoms with Crippen LogP contribution in [0.4, 0.5) is 0 Å². The van der Waals surface area contributed by atoms with Gasteiger partial charge in [0.15, 0.2) is 0 Å². The molecule has 0 heterocycles. The molecule has 18 heavy (non-hydrogen) atoms. The van der Waals surface area contributed by atoms with Gasteiger partial charge in [-0.2, -0.15) is 5.90 Å². The summed E-state index contributed by atoms with van der Waals surface area (Å²) in [5.74, 6) is 2.74. The van der Waals surface area contributed by atoms with Crippen LogP contribution in [0, 0.1) is 0 Å². The number of rotatable bonds is 3. The molecule has 0 aromatic heterocycles. The van der Waals surface area contributed by atoms with Crippen molar-refractivity contribution in [2.24, 2.45) is 0 Å². The van der Waals surface area contributed by atoms with E-state index in [0.717, 1.165) is 11.1 Å². The SMILES string of the molecule is [NH3+]OC(=O)/C(=C/c1ccccc1)c1ccccc1. The van der Waals surface area contributed by atoms with Crippen LogP contribution in [0.1, 0.15) is 11.1 Å². The van der Waals surface area contributed by atoms with Crippen molar-refractivity contribution in [2.75, 3.05) is 0 Å². The predicted octanol–water partition coefficient (Wildman–Crippen LogP) is 1.93. The molecule has 0 saturated heterocycles. The highest BCUT2D eigenvalue weighted by Gasteiger charge is 2.14. The van der Waals surface area contributed by atoms with Crippen LogP contribution in [-0.2, 0) is 9.63 Å². The smallest absolute Gasteiger partial charge is 0.276 e. The molecule has 2 rings (SSSR count). The monoisotopic (exact) mass is 240 g/mol. The fourth-order valence-corrected chi connectivity index (χ4v) is 1.67. The van der Waals surface area contributed by atoms with Crippen molar-refractivity contribution in [1.29, 1.82) is 0 Å². The van der Waals surface area contributed by atoms with Gasteiger partial charge in [-0.05, 0) is 17.2 Å². The van der Waals surface area contributed by atoms with Crippen LogP contribution >= 0.6 is 0 Å². The predicted molar refractivity (Wildman–Crippen MR) is 69.7 cm³/mol. The molecule has 3 nitrogen and oxygen atoms in total. The second-order valence-electron chi connectivity index (χ2n) is 3.77. The number of carbonyl (C=O) groups excluding carboxylic acids is 1. The minimum Gasteiger partial charge on any atom is -0.276 e. The van der Waals surface area contributed by atoms with Gasteiger partial charge in [0.05, 0.1) is 5.57 Å². The first-order valence-corrected chi connectivity index (χ1v) is 5.60. The maximum Gasteiger partial charge on any atom is 0.397 e. The van der Waals surface area contributed by atoms with Crippen molar-refractivity contribution in [3.05, 3.63) is 71.8 Å². The number of carbonyl (C=O) groups is 1. The summed E-state index contributed by atoms with van der Waals surface area (Å²) in [5.41, 5.74) is 2.26. The summed E-state index contributed by atoms with van der Waals surface area (Å²) >= 11 is 0. The molecule has 0 aliphatic heterocycles. The van der Waals surface area contributed by atoms with E-state index in [1.165, 1.54) is 0 Å². The fourth-order valence-electron chi connectivity index (χ4n) is 1.67. The number of benzene rings is 2. The van der Waals surface area contributed by atoms with Gasteiger partial charge in [-0.25, -0.2) is 4.79 Å². The Hall–Kier alpha value is -2.39. The van der Waals surface area contributed by atoms with Gasteiger partial charge < -0.3 is 0 Å². The summed E-state index contributed by atoms with van der Waals surface area (Å²) in [6.07, 6.45) is 1.79. The average molecular weight is 240 g/mol. The van der Waals surface area contributed by atoms with Crippen molar-refractivity contribution in [3.8, 4) is 0 Å². The normalized spacial score (nSPS) is 11.1. The quantitative estimate of drug-likeness (QED) is 0.506. The fraction of sp³-hybridized carbons (Fsp3) is 0. The molecule has 0 radical (unpaired) electrons. The van der Waals surface area contributed by atoms with Crippen LogP contribution in [0.2, 0.25) is 0 Å². The number of hydrogen-bond donors (Lipinski definition) is 1. The Kier molecular flexibility index (Phi) is 3.89. The Balaban J connectivity index is 2.44. The van der Waals surface area contributed by atoms with Gasteiger partial charge in [0, 0.05) is 0 Å². The van der Waals surface area contributed by atoms with E-state index < -0.39 is 5.97 Å². The second kappa shape index (κ2) is 5.80. The van der Waals surface area contributed by atoms with Crippen LogP contribution in [0.15, 0.2) is 60.7 Å². The van der Waals surface area contributed by atoms with Crippen LogP contribution in [0.25, 0.3) is 11.6 Å². The van der Waals surface area contributed by atoms with Gasteiger partial charge in [-0.1, -0.05) is 60.7 Å². The molecule has 3 heteroatoms. The largest absolute Gasteiger partial charge is 0.397 e. The van der Waals surface area contributed by atoms with E-state index in [-0.39, 0.29) is 0 Å². The Morgan fingerprint density at radius 2 is 1.50 bits per heavy atom. The highest BCUT2D eigenvalue weighted by molar-refractivity contribution is 6.21. The molecular weight excluding hydrogens is 226 g/mol. The maximum atomic E-state index is 11.8. The van der Waals surface area contributed by atoms with Gasteiger partial charge in [0.25, 0.3) is 0 Å². The molecule has 0 bridgehead atoms. The third kappa shape index (κ3) is 2.84. The second-order valence-corrected chi connectivity index (χ2v) is 3.77. The van der Waals surface area contributed by atoms with E-state index >= 15 is 0 Å². The maximum absolute atomic E-state index is 11.8. The third-order valence-electron chi connectivity index (χ3n) is 2.55. The number of quaternary nitrogens is 1. The van der Waals surface area contributed by atoms with E-state index in [2.05, 4.69) is 10.7 Å². The summed E-state index contributed by atoms with van der Waals surface area (Å²) in [6.45, 7) is 0. The summed E-state index contributed by atoms with van der Waals surface area (Å²) in [4.78, 5) is 16.3. The Morgan fingerprint density at radius 1 is 0.944 bits per heavy atom. The van der Waals surface area contributed by atoms with E-state index in [1.807, 2.05) is 60.7 Å². The number of hydrogen-bond acceptors (Lipinski definition) is 2. The van der Waals surface area contributed by atoms with E-state index in [4.69, 9.17) is 0 Å². The zero-order chi connectivity index (χ0) is 12.8. The lowest BCUT2D eigenvalue weighted by Gasteiger charge is -2.03. The molecule has 90 valence electrons. The molecule has 0 saturated carbocycles. The summed E-state index contributed by atoms with van der Waals surface area (Å²) in [5, 5.41) is 0. The molecule has 2 aromatic carbocycles. The van der Waals surface area contributed by atoms with E-state index in [1.54, 1.807) is 6.08 Å². The molecular formula is C15H14NO2+. The van der Waals surface area contributed by atoms with Crippen molar-refractivity contribution < 1.29 is 15.5 Å². The van der Waals surface area contributed by atoms with Crippen LogP contribution in [0.3, 0.4) is 0 Å². The van der Waals surface area contributed by atoms with Gasteiger partial charge in [-0.15, -0.1) is 0 Å².